The Bertz CT molecular complexity index is 488. The molecule has 0 aliphatic heterocycles. The van der Waals surface area contributed by atoms with Gasteiger partial charge in [0.1, 0.15) is 6.29 Å². The van der Waals surface area contributed by atoms with E-state index in [1.54, 1.807) is 11.9 Å². The van der Waals surface area contributed by atoms with Crippen LogP contribution in [0.3, 0.4) is 0 Å². The van der Waals surface area contributed by atoms with Gasteiger partial charge in [0.2, 0.25) is 0 Å². The fourth-order valence-electron chi connectivity index (χ4n) is 3.54. The molecule has 0 radical (unpaired) electrons. The third-order valence-electron chi connectivity index (χ3n) is 5.36. The minimum absolute atomic E-state index is 0.0167. The molecule has 2 rings (SSSR count). The number of aldehydes is 1. The molecule has 142 valence electrons. The second kappa shape index (κ2) is 8.19. The normalized spacial score (nSPS) is 25.4. The first-order valence-electron chi connectivity index (χ1n) is 9.42. The molecule has 0 aromatic heterocycles. The molecule has 2 amide bonds. The molecule has 0 heterocycles. The summed E-state index contributed by atoms with van der Waals surface area (Å²) in [5.41, 5.74) is -0.417. The predicted molar refractivity (Wildman–Crippen MR) is 95.1 cm³/mol. The SMILES string of the molecule is CN(C(=O)[C@@H](OC(=O)NC(C)(C)C)C1CCC(C=O)CC1)C1CCC1. The first kappa shape index (κ1) is 19.7. The second-order valence-electron chi connectivity index (χ2n) is 8.55. The number of hydrogen-bond donors (Lipinski definition) is 1. The summed E-state index contributed by atoms with van der Waals surface area (Å²) in [5, 5.41) is 2.77. The number of carbonyl (C=O) groups excluding carboxylic acids is 3. The first-order chi connectivity index (χ1) is 11.7. The molecule has 2 saturated carbocycles. The van der Waals surface area contributed by atoms with Gasteiger partial charge < -0.3 is 19.7 Å². The summed E-state index contributed by atoms with van der Waals surface area (Å²) in [6.07, 6.45) is 5.85. The Morgan fingerprint density at radius 3 is 2.16 bits per heavy atom. The molecular formula is C19H32N2O4. The summed E-state index contributed by atoms with van der Waals surface area (Å²) >= 11 is 0. The van der Waals surface area contributed by atoms with Gasteiger partial charge in [-0.1, -0.05) is 0 Å². The number of ether oxygens (including phenoxy) is 1. The Balaban J connectivity index is 2.06. The minimum Gasteiger partial charge on any atom is -0.436 e. The Hall–Kier alpha value is -1.59. The lowest BCUT2D eigenvalue weighted by molar-refractivity contribution is -0.146. The van der Waals surface area contributed by atoms with Crippen LogP contribution in [-0.2, 0) is 14.3 Å². The van der Waals surface area contributed by atoms with E-state index in [9.17, 15) is 14.4 Å². The van der Waals surface area contributed by atoms with Crippen molar-refractivity contribution in [2.75, 3.05) is 7.05 Å². The number of alkyl carbamates (subject to hydrolysis) is 1. The molecule has 0 aromatic carbocycles. The molecule has 6 nitrogen and oxygen atoms in total. The van der Waals surface area contributed by atoms with Crippen LogP contribution in [0.1, 0.15) is 65.7 Å². The zero-order valence-corrected chi connectivity index (χ0v) is 15.9. The maximum Gasteiger partial charge on any atom is 0.408 e. The van der Waals surface area contributed by atoms with Crippen LogP contribution in [0.25, 0.3) is 0 Å². The smallest absolute Gasteiger partial charge is 0.408 e. The molecule has 2 aliphatic rings. The Labute approximate surface area is 150 Å². The van der Waals surface area contributed by atoms with Gasteiger partial charge in [0, 0.05) is 30.5 Å². The molecule has 1 N–H and O–H groups in total. The summed E-state index contributed by atoms with van der Waals surface area (Å²) in [6, 6.07) is 0.260. The third kappa shape index (κ3) is 5.44. The van der Waals surface area contributed by atoms with Crippen molar-refractivity contribution in [3.63, 3.8) is 0 Å². The van der Waals surface area contributed by atoms with Crippen molar-refractivity contribution in [1.29, 1.82) is 0 Å². The van der Waals surface area contributed by atoms with Gasteiger partial charge in [0.25, 0.3) is 5.91 Å². The van der Waals surface area contributed by atoms with Crippen LogP contribution < -0.4 is 5.32 Å². The molecule has 6 heteroatoms. The molecule has 0 saturated heterocycles. The molecule has 0 spiro atoms. The highest BCUT2D eigenvalue weighted by Crippen LogP contribution is 2.33. The van der Waals surface area contributed by atoms with Crippen molar-refractivity contribution < 1.29 is 19.1 Å². The van der Waals surface area contributed by atoms with Gasteiger partial charge in [-0.3, -0.25) is 4.79 Å². The van der Waals surface area contributed by atoms with E-state index in [-0.39, 0.29) is 23.8 Å². The standard InChI is InChI=1S/C19H32N2O4/c1-19(2,3)20-18(24)25-16(14-10-8-13(12-22)9-11-14)17(23)21(4)15-6-5-7-15/h12-16H,5-11H2,1-4H3,(H,20,24)/t13?,14?,16-/m0/s1. The number of hydrogen-bond acceptors (Lipinski definition) is 4. The van der Waals surface area contributed by atoms with Crippen LogP contribution in [0, 0.1) is 11.8 Å². The van der Waals surface area contributed by atoms with Crippen molar-refractivity contribution in [2.45, 2.75) is 83.4 Å². The average molecular weight is 352 g/mol. The van der Waals surface area contributed by atoms with E-state index in [1.165, 1.54) is 0 Å². The van der Waals surface area contributed by atoms with Gasteiger partial charge in [0.15, 0.2) is 6.10 Å². The van der Waals surface area contributed by atoms with Crippen LogP contribution in [0.2, 0.25) is 0 Å². The largest absolute Gasteiger partial charge is 0.436 e. The number of nitrogens with zero attached hydrogens (tertiary/aromatic N) is 1. The number of carbonyl (C=O) groups is 3. The molecule has 2 fully saturated rings. The maximum absolute atomic E-state index is 13.0. The van der Waals surface area contributed by atoms with Gasteiger partial charge in [-0.15, -0.1) is 0 Å². The minimum atomic E-state index is -0.763. The second-order valence-corrected chi connectivity index (χ2v) is 8.55. The Morgan fingerprint density at radius 1 is 1.12 bits per heavy atom. The molecule has 0 bridgehead atoms. The third-order valence-corrected chi connectivity index (χ3v) is 5.36. The maximum atomic E-state index is 13.0. The fraction of sp³-hybridized carbons (Fsp3) is 0.842. The van der Waals surface area contributed by atoms with Crippen LogP contribution in [0.5, 0.6) is 0 Å². The van der Waals surface area contributed by atoms with E-state index < -0.39 is 17.7 Å². The lowest BCUT2D eigenvalue weighted by Crippen LogP contribution is -2.52. The summed E-state index contributed by atoms with van der Waals surface area (Å²) < 4.78 is 5.61. The van der Waals surface area contributed by atoms with Crippen molar-refractivity contribution in [2.24, 2.45) is 11.8 Å². The summed E-state index contributed by atoms with van der Waals surface area (Å²) in [6.45, 7) is 5.63. The number of nitrogens with one attached hydrogen (secondary N) is 1. The zero-order valence-electron chi connectivity index (χ0n) is 15.9. The van der Waals surface area contributed by atoms with Crippen LogP contribution >= 0.6 is 0 Å². The van der Waals surface area contributed by atoms with E-state index in [2.05, 4.69) is 5.32 Å². The van der Waals surface area contributed by atoms with Gasteiger partial charge in [-0.2, -0.15) is 0 Å². The highest BCUT2D eigenvalue weighted by Gasteiger charge is 2.39. The number of rotatable bonds is 5. The monoisotopic (exact) mass is 352 g/mol. The molecule has 1 atom stereocenters. The predicted octanol–water partition coefficient (Wildman–Crippen LogP) is 2.90. The van der Waals surface area contributed by atoms with E-state index in [0.29, 0.717) is 0 Å². The highest BCUT2D eigenvalue weighted by atomic mass is 16.6. The van der Waals surface area contributed by atoms with Crippen molar-refractivity contribution in [1.82, 2.24) is 10.2 Å². The Morgan fingerprint density at radius 2 is 1.72 bits per heavy atom. The molecule has 0 unspecified atom stereocenters. The first-order valence-corrected chi connectivity index (χ1v) is 9.42. The van der Waals surface area contributed by atoms with E-state index >= 15 is 0 Å². The molecule has 25 heavy (non-hydrogen) atoms. The van der Waals surface area contributed by atoms with Gasteiger partial charge >= 0.3 is 6.09 Å². The number of amides is 2. The highest BCUT2D eigenvalue weighted by molar-refractivity contribution is 5.84. The molecule has 2 aliphatic carbocycles. The summed E-state index contributed by atoms with van der Waals surface area (Å²) in [7, 11) is 1.81. The van der Waals surface area contributed by atoms with Gasteiger partial charge in [0.05, 0.1) is 0 Å². The molecule has 0 aromatic rings. The van der Waals surface area contributed by atoms with Crippen molar-refractivity contribution >= 4 is 18.3 Å². The quantitative estimate of drug-likeness (QED) is 0.772. The zero-order chi connectivity index (χ0) is 18.6. The van der Waals surface area contributed by atoms with E-state index in [0.717, 1.165) is 51.2 Å². The Kier molecular flexibility index (Phi) is 6.47. The van der Waals surface area contributed by atoms with Crippen molar-refractivity contribution in [3.05, 3.63) is 0 Å². The summed E-state index contributed by atoms with van der Waals surface area (Å²) in [4.78, 5) is 38.0. The van der Waals surface area contributed by atoms with Gasteiger partial charge in [-0.05, 0) is 65.7 Å². The fourth-order valence-corrected chi connectivity index (χ4v) is 3.54. The summed E-state index contributed by atoms with van der Waals surface area (Å²) in [5.74, 6) is -0.0555. The molecular weight excluding hydrogens is 320 g/mol. The van der Waals surface area contributed by atoms with E-state index in [4.69, 9.17) is 4.74 Å². The van der Waals surface area contributed by atoms with Gasteiger partial charge in [-0.25, -0.2) is 4.79 Å². The lowest BCUT2D eigenvalue weighted by Gasteiger charge is -2.39. The van der Waals surface area contributed by atoms with E-state index in [1.807, 2.05) is 20.8 Å². The van der Waals surface area contributed by atoms with Crippen LogP contribution in [-0.4, -0.2) is 47.9 Å². The number of likely N-dealkylation sites (N-methyl/N-ethyl adjacent to an activating group) is 1. The van der Waals surface area contributed by atoms with Crippen LogP contribution in [0.4, 0.5) is 4.79 Å². The van der Waals surface area contributed by atoms with Crippen molar-refractivity contribution in [3.8, 4) is 0 Å². The van der Waals surface area contributed by atoms with Crippen LogP contribution in [0.15, 0.2) is 0 Å². The average Bonchev–Trinajstić information content (AvgIpc) is 2.48. The lowest BCUT2D eigenvalue weighted by atomic mass is 9.79. The topological polar surface area (TPSA) is 75.7 Å².